The summed E-state index contributed by atoms with van der Waals surface area (Å²) in [6.07, 6.45) is 5.25. The molecule has 3 atom stereocenters. The molecule has 12 nitrogen and oxygen atoms in total. The third kappa shape index (κ3) is 6.92. The molecule has 1 saturated heterocycles. The number of methoxy groups -OCH3 is 2. The highest BCUT2D eigenvalue weighted by atomic mass is 35.5. The van der Waals surface area contributed by atoms with Crippen LogP contribution in [0, 0.1) is 29.5 Å². The molecule has 53 heavy (non-hydrogen) atoms. The first-order valence-corrected chi connectivity index (χ1v) is 18.7. The van der Waals surface area contributed by atoms with Crippen LogP contribution >= 0.6 is 11.6 Å². The summed E-state index contributed by atoms with van der Waals surface area (Å²) < 4.78 is 40.8. The second-order valence-electron chi connectivity index (χ2n) is 15.3. The molecule has 14 heteroatoms. The van der Waals surface area contributed by atoms with Crippen LogP contribution < -0.4 is 14.2 Å². The normalized spacial score (nSPS) is 23.2. The van der Waals surface area contributed by atoms with Crippen molar-refractivity contribution in [3.63, 3.8) is 0 Å². The van der Waals surface area contributed by atoms with Crippen molar-refractivity contribution in [2.75, 3.05) is 33.9 Å². The molecule has 0 bridgehead atoms. The van der Waals surface area contributed by atoms with Gasteiger partial charge in [0.1, 0.15) is 30.5 Å². The average Bonchev–Trinajstić information content (AvgIpc) is 3.73. The van der Waals surface area contributed by atoms with Gasteiger partial charge in [0.2, 0.25) is 11.8 Å². The summed E-state index contributed by atoms with van der Waals surface area (Å²) in [5, 5.41) is 8.51. The van der Waals surface area contributed by atoms with Crippen LogP contribution in [-0.4, -0.2) is 76.2 Å². The molecule has 2 aliphatic heterocycles. The molecule has 2 aliphatic carbocycles. The Morgan fingerprint density at radius 2 is 1.87 bits per heavy atom. The smallest absolute Gasteiger partial charge is 0.312 e. The summed E-state index contributed by atoms with van der Waals surface area (Å²) in [7, 11) is 4.90. The summed E-state index contributed by atoms with van der Waals surface area (Å²) in [5.74, 6) is 0.228. The fraction of sp³-hybridized carbons (Fsp3) is 0.564. The number of carbonyl (C=O) groups excluding carboxylic acids is 3. The number of fused-ring (bicyclic) bond motifs is 1. The molecular formula is C39H47ClFN5O7. The summed E-state index contributed by atoms with van der Waals surface area (Å²) in [6, 6.07) is 5.76. The zero-order chi connectivity index (χ0) is 37.7. The van der Waals surface area contributed by atoms with Gasteiger partial charge in [0.25, 0.3) is 0 Å². The number of aryl methyl sites for hydroxylation is 1. The minimum absolute atomic E-state index is 0.0154. The lowest BCUT2D eigenvalue weighted by Gasteiger charge is -2.45. The lowest BCUT2D eigenvalue weighted by Crippen LogP contribution is -2.53. The standard InChI is InChI=1S/C39H47ClFN5O7/c1-23-42-43-32(44(23)3)21-52-35-29(41)17-28(40)26-11-15-46(30(34(26)35)19-45-22-39(13-14-39)18-33(45)47)36(48)27-8-6-7-12-38(27,2)37(49)53-20-24-9-10-25(50-4)16-31(24)51-5/h9-10,16-17,27,30H,6-8,11-15,18-22H2,1-5H3/t27-,30+,38-/m0/s1. The topological polar surface area (TPSA) is 125 Å². The summed E-state index contributed by atoms with van der Waals surface area (Å²) in [6.45, 7) is 4.53. The van der Waals surface area contributed by atoms with Crippen LogP contribution in [-0.2, 0) is 45.8 Å². The molecule has 0 N–H and O–H groups in total. The minimum Gasteiger partial charge on any atom is -0.497 e. The quantitative estimate of drug-likeness (QED) is 0.221. The number of halogens is 2. The van der Waals surface area contributed by atoms with Crippen LogP contribution in [0.2, 0.25) is 5.02 Å². The maximum Gasteiger partial charge on any atom is 0.312 e. The Morgan fingerprint density at radius 1 is 1.08 bits per heavy atom. The molecule has 0 unspecified atom stereocenters. The van der Waals surface area contributed by atoms with Gasteiger partial charge in [-0.05, 0) is 75.1 Å². The Balaban J connectivity index is 1.21. The van der Waals surface area contributed by atoms with E-state index in [0.717, 1.165) is 25.7 Å². The molecule has 4 aliphatic rings. The van der Waals surface area contributed by atoms with Gasteiger partial charge in [0.05, 0.1) is 31.6 Å². The molecule has 2 amide bonds. The van der Waals surface area contributed by atoms with Crippen molar-refractivity contribution in [3.05, 3.63) is 63.4 Å². The van der Waals surface area contributed by atoms with Crippen LogP contribution in [0.15, 0.2) is 24.3 Å². The number of esters is 1. The fourth-order valence-corrected chi connectivity index (χ4v) is 8.74. The molecule has 2 saturated carbocycles. The van der Waals surface area contributed by atoms with E-state index in [9.17, 15) is 9.59 Å². The highest BCUT2D eigenvalue weighted by Crippen LogP contribution is 2.54. The van der Waals surface area contributed by atoms with Gasteiger partial charge in [0, 0.05) is 55.3 Å². The zero-order valence-electron chi connectivity index (χ0n) is 31.0. The maximum absolute atomic E-state index is 16.1. The van der Waals surface area contributed by atoms with Gasteiger partial charge in [-0.25, -0.2) is 4.39 Å². The van der Waals surface area contributed by atoms with E-state index in [2.05, 4.69) is 10.2 Å². The largest absolute Gasteiger partial charge is 0.497 e. The number of rotatable bonds is 11. The van der Waals surface area contributed by atoms with Gasteiger partial charge < -0.3 is 33.3 Å². The van der Waals surface area contributed by atoms with Gasteiger partial charge in [-0.2, -0.15) is 0 Å². The number of aromatic nitrogens is 3. The van der Waals surface area contributed by atoms with E-state index < -0.39 is 29.2 Å². The van der Waals surface area contributed by atoms with E-state index in [1.807, 2.05) is 13.8 Å². The van der Waals surface area contributed by atoms with Gasteiger partial charge in [0.15, 0.2) is 17.4 Å². The number of ether oxygens (including phenoxy) is 4. The number of hydrogen-bond donors (Lipinski definition) is 0. The predicted molar refractivity (Wildman–Crippen MR) is 192 cm³/mol. The molecule has 1 aromatic heterocycles. The molecule has 3 heterocycles. The van der Waals surface area contributed by atoms with E-state index in [1.54, 1.807) is 46.7 Å². The number of nitrogens with zero attached hydrogens (tertiary/aromatic N) is 5. The predicted octanol–water partition coefficient (Wildman–Crippen LogP) is 5.89. The van der Waals surface area contributed by atoms with Crippen LogP contribution in [0.1, 0.15) is 86.3 Å². The molecule has 2 aromatic carbocycles. The summed E-state index contributed by atoms with van der Waals surface area (Å²) >= 11 is 6.73. The first-order chi connectivity index (χ1) is 25.4. The van der Waals surface area contributed by atoms with E-state index in [0.29, 0.717) is 72.1 Å². The minimum atomic E-state index is -1.12. The fourth-order valence-electron chi connectivity index (χ4n) is 8.44. The first-order valence-electron chi connectivity index (χ1n) is 18.3. The number of carbonyl (C=O) groups is 3. The second kappa shape index (κ2) is 14.4. The van der Waals surface area contributed by atoms with Gasteiger partial charge in [-0.1, -0.05) is 24.4 Å². The maximum atomic E-state index is 16.1. The van der Waals surface area contributed by atoms with Crippen LogP contribution in [0.4, 0.5) is 4.39 Å². The van der Waals surface area contributed by atoms with Crippen LogP contribution in [0.25, 0.3) is 0 Å². The molecular weight excluding hydrogens is 705 g/mol. The van der Waals surface area contributed by atoms with E-state index >= 15 is 9.18 Å². The highest BCUT2D eigenvalue weighted by molar-refractivity contribution is 6.31. The SMILES string of the molecule is COc1ccc(COC(=O)[C@@]2(C)CCCC[C@H]2C(=O)N2CCc3c(Cl)cc(F)c(OCc4nnc(C)n4C)c3[C@H]2CN2CC3(CC3)CC2=O)c(OC)c1. The van der Waals surface area contributed by atoms with Crippen molar-refractivity contribution in [1.82, 2.24) is 24.6 Å². The molecule has 7 rings (SSSR count). The molecule has 3 aromatic rings. The Hall–Kier alpha value is -4.39. The highest BCUT2D eigenvalue weighted by Gasteiger charge is 2.54. The van der Waals surface area contributed by atoms with Gasteiger partial charge in [-0.15, -0.1) is 10.2 Å². The molecule has 3 fully saturated rings. The number of benzene rings is 2. The number of hydrogen-bond acceptors (Lipinski definition) is 9. The van der Waals surface area contributed by atoms with Gasteiger partial charge >= 0.3 is 5.97 Å². The monoisotopic (exact) mass is 751 g/mol. The lowest BCUT2D eigenvalue weighted by molar-refractivity contribution is -0.169. The summed E-state index contributed by atoms with van der Waals surface area (Å²) in [5.41, 5.74) is 0.652. The summed E-state index contributed by atoms with van der Waals surface area (Å²) in [4.78, 5) is 46.1. The van der Waals surface area contributed by atoms with Crippen molar-refractivity contribution in [1.29, 1.82) is 0 Å². The van der Waals surface area contributed by atoms with Crippen molar-refractivity contribution >= 4 is 29.4 Å². The molecule has 0 radical (unpaired) electrons. The van der Waals surface area contributed by atoms with E-state index in [-0.39, 0.29) is 54.3 Å². The van der Waals surface area contributed by atoms with Crippen molar-refractivity contribution in [3.8, 4) is 17.2 Å². The van der Waals surface area contributed by atoms with Crippen LogP contribution in [0.5, 0.6) is 17.2 Å². The average molecular weight is 752 g/mol. The Labute approximate surface area is 313 Å². The third-order valence-corrected chi connectivity index (χ3v) is 12.4. The number of likely N-dealkylation sites (tertiary alicyclic amines) is 1. The lowest BCUT2D eigenvalue weighted by atomic mass is 9.66. The molecule has 284 valence electrons. The van der Waals surface area contributed by atoms with Crippen molar-refractivity contribution in [2.24, 2.45) is 23.8 Å². The second-order valence-corrected chi connectivity index (χ2v) is 15.7. The van der Waals surface area contributed by atoms with Crippen LogP contribution in [0.3, 0.4) is 0 Å². The Morgan fingerprint density at radius 3 is 2.55 bits per heavy atom. The zero-order valence-corrected chi connectivity index (χ0v) is 31.8. The molecule has 1 spiro atoms. The van der Waals surface area contributed by atoms with Crippen molar-refractivity contribution < 1.29 is 37.7 Å². The first kappa shape index (κ1) is 36.9. The van der Waals surface area contributed by atoms with E-state index in [1.165, 1.54) is 13.2 Å². The number of amides is 2. The third-order valence-electron chi connectivity index (χ3n) is 12.0. The Bertz CT molecular complexity index is 1930. The Kier molecular flexibility index (Phi) is 10.1. The van der Waals surface area contributed by atoms with Gasteiger partial charge in [-0.3, -0.25) is 14.4 Å². The van der Waals surface area contributed by atoms with Crippen molar-refractivity contribution in [2.45, 2.75) is 84.5 Å². The van der Waals surface area contributed by atoms with E-state index in [4.69, 9.17) is 30.5 Å².